The molecule has 0 aliphatic carbocycles. The smallest absolute Gasteiger partial charge is 0.310 e. The molecule has 1 amide bonds. The number of hydrogen-bond acceptors (Lipinski definition) is 5. The molecule has 0 heterocycles. The molecular weight excluding hydrogens is 334 g/mol. The average molecular weight is 365 g/mol. The molecule has 0 saturated carbocycles. The van der Waals surface area contributed by atoms with Crippen molar-refractivity contribution in [3.05, 3.63) is 23.8 Å². The first-order valence-electron chi connectivity index (χ1n) is 9.06. The summed E-state index contributed by atoms with van der Waals surface area (Å²) in [5, 5.41) is 0. The topological polar surface area (TPSA) is 65.1 Å². The summed E-state index contributed by atoms with van der Waals surface area (Å²) >= 11 is 0. The number of carbonyl (C=O) groups excluding carboxylic acids is 2. The molecule has 0 radical (unpaired) electrons. The third kappa shape index (κ3) is 6.58. The minimum atomic E-state index is -0.386. The number of nitrogens with zero attached hydrogens (tertiary/aromatic N) is 1. The van der Waals surface area contributed by atoms with Crippen LogP contribution in [0.2, 0.25) is 0 Å². The first-order valence-corrected chi connectivity index (χ1v) is 9.06. The van der Waals surface area contributed by atoms with E-state index in [9.17, 15) is 9.59 Å². The van der Waals surface area contributed by atoms with Crippen LogP contribution in [0.25, 0.3) is 0 Å². The zero-order valence-corrected chi connectivity index (χ0v) is 16.5. The van der Waals surface area contributed by atoms with Gasteiger partial charge in [0.2, 0.25) is 0 Å². The van der Waals surface area contributed by atoms with Gasteiger partial charge in [-0.3, -0.25) is 9.59 Å². The van der Waals surface area contributed by atoms with Crippen molar-refractivity contribution in [3.63, 3.8) is 0 Å². The molecule has 1 aromatic rings. The van der Waals surface area contributed by atoms with Crippen LogP contribution in [0.15, 0.2) is 18.2 Å². The molecule has 0 aromatic heterocycles. The number of benzene rings is 1. The van der Waals surface area contributed by atoms with Gasteiger partial charge >= 0.3 is 5.97 Å². The number of hydrogen-bond donors (Lipinski definition) is 0. The molecule has 0 N–H and O–H groups in total. The van der Waals surface area contributed by atoms with Crippen molar-refractivity contribution in [1.82, 2.24) is 4.90 Å². The second kappa shape index (κ2) is 11.4. The first kappa shape index (κ1) is 21.8. The van der Waals surface area contributed by atoms with Crippen molar-refractivity contribution in [2.45, 2.75) is 39.5 Å². The normalized spacial score (nSPS) is 11.6. The molecule has 1 aromatic carbocycles. The average Bonchev–Trinajstić information content (AvgIpc) is 2.68. The van der Waals surface area contributed by atoms with Crippen molar-refractivity contribution in [1.29, 1.82) is 0 Å². The highest BCUT2D eigenvalue weighted by molar-refractivity contribution is 5.95. The molecule has 0 bridgehead atoms. The predicted octanol–water partition coefficient (Wildman–Crippen LogP) is 3.54. The van der Waals surface area contributed by atoms with Crippen molar-refractivity contribution in [3.8, 4) is 11.5 Å². The molecule has 1 unspecified atom stereocenters. The Bertz CT molecular complexity index is 565. The van der Waals surface area contributed by atoms with E-state index in [4.69, 9.17) is 14.2 Å². The third-order valence-electron chi connectivity index (χ3n) is 4.26. The molecular formula is C20H31NO5. The monoisotopic (exact) mass is 365 g/mol. The maximum absolute atomic E-state index is 13.1. The largest absolute Gasteiger partial charge is 0.497 e. The molecule has 0 fully saturated rings. The summed E-state index contributed by atoms with van der Waals surface area (Å²) in [7, 11) is 4.45. The van der Waals surface area contributed by atoms with Gasteiger partial charge in [-0.15, -0.1) is 0 Å². The molecule has 1 rings (SSSR count). The van der Waals surface area contributed by atoms with Crippen LogP contribution < -0.4 is 9.47 Å². The van der Waals surface area contributed by atoms with Crippen LogP contribution in [0.3, 0.4) is 0 Å². The molecule has 1 atom stereocenters. The fourth-order valence-electron chi connectivity index (χ4n) is 2.72. The molecule has 0 aliphatic heterocycles. The quantitative estimate of drug-likeness (QED) is 0.443. The molecule has 146 valence electrons. The van der Waals surface area contributed by atoms with Gasteiger partial charge in [-0.25, -0.2) is 0 Å². The van der Waals surface area contributed by atoms with E-state index in [1.807, 2.05) is 0 Å². The summed E-state index contributed by atoms with van der Waals surface area (Å²) in [6.07, 6.45) is 4.20. The van der Waals surface area contributed by atoms with Gasteiger partial charge in [0.15, 0.2) is 0 Å². The lowest BCUT2D eigenvalue weighted by Crippen LogP contribution is -2.38. The Balaban J connectivity index is 2.99. The van der Waals surface area contributed by atoms with Crippen molar-refractivity contribution in [2.24, 2.45) is 5.92 Å². The number of amides is 1. The highest BCUT2D eigenvalue weighted by Gasteiger charge is 2.23. The zero-order valence-electron chi connectivity index (χ0n) is 16.5. The minimum Gasteiger partial charge on any atom is -0.497 e. The van der Waals surface area contributed by atoms with Gasteiger partial charge < -0.3 is 19.1 Å². The van der Waals surface area contributed by atoms with E-state index in [0.717, 1.165) is 25.7 Å². The van der Waals surface area contributed by atoms with Crippen LogP contribution in [0, 0.1) is 5.92 Å². The minimum absolute atomic E-state index is 0.144. The van der Waals surface area contributed by atoms with Crippen molar-refractivity contribution >= 4 is 11.9 Å². The fourth-order valence-corrected chi connectivity index (χ4v) is 2.72. The molecule has 26 heavy (non-hydrogen) atoms. The van der Waals surface area contributed by atoms with Crippen LogP contribution in [-0.4, -0.2) is 51.2 Å². The van der Waals surface area contributed by atoms with Crippen LogP contribution in [0.5, 0.6) is 11.5 Å². The Morgan fingerprint density at radius 3 is 2.12 bits per heavy atom. The Hall–Kier alpha value is -2.24. The summed E-state index contributed by atoms with van der Waals surface area (Å²) in [5.41, 5.74) is 0.480. The number of rotatable bonds is 11. The lowest BCUT2D eigenvalue weighted by atomic mass is 10.1. The number of esters is 1. The van der Waals surface area contributed by atoms with E-state index in [-0.39, 0.29) is 17.8 Å². The van der Waals surface area contributed by atoms with Gasteiger partial charge in [-0.05, 0) is 18.6 Å². The summed E-state index contributed by atoms with van der Waals surface area (Å²) in [5.74, 6) is 0.260. The predicted molar refractivity (Wildman–Crippen MR) is 101 cm³/mol. The van der Waals surface area contributed by atoms with E-state index in [1.165, 1.54) is 7.11 Å². The Labute approximate surface area is 156 Å². The molecule has 0 aliphatic rings. The van der Waals surface area contributed by atoms with Crippen LogP contribution >= 0.6 is 0 Å². The van der Waals surface area contributed by atoms with E-state index in [2.05, 4.69) is 6.92 Å². The number of methoxy groups -OCH3 is 3. The van der Waals surface area contributed by atoms with E-state index < -0.39 is 0 Å². The van der Waals surface area contributed by atoms with E-state index in [1.54, 1.807) is 44.2 Å². The molecule has 0 spiro atoms. The molecule has 6 nitrogen and oxygen atoms in total. The highest BCUT2D eigenvalue weighted by atomic mass is 16.5. The van der Waals surface area contributed by atoms with Gasteiger partial charge in [0, 0.05) is 24.7 Å². The lowest BCUT2D eigenvalue weighted by molar-refractivity contribution is -0.145. The van der Waals surface area contributed by atoms with Crippen LogP contribution in [-0.2, 0) is 9.53 Å². The van der Waals surface area contributed by atoms with Gasteiger partial charge in [0.1, 0.15) is 11.5 Å². The standard InChI is InChI=1S/C20H31NO5/c1-6-7-8-9-10-21(14-15(2)20(23)26-5)19(22)16-11-17(24-3)13-18(12-16)25-4/h11-13,15H,6-10,14H2,1-5H3. The summed E-state index contributed by atoms with van der Waals surface area (Å²) in [6.45, 7) is 4.83. The van der Waals surface area contributed by atoms with E-state index in [0.29, 0.717) is 30.2 Å². The van der Waals surface area contributed by atoms with Gasteiger partial charge in [-0.1, -0.05) is 33.1 Å². The van der Waals surface area contributed by atoms with Crippen LogP contribution in [0.1, 0.15) is 49.9 Å². The van der Waals surface area contributed by atoms with Crippen LogP contribution in [0.4, 0.5) is 0 Å². The summed E-state index contributed by atoms with van der Waals surface area (Å²) in [6, 6.07) is 5.10. The maximum atomic E-state index is 13.1. The second-order valence-corrected chi connectivity index (χ2v) is 6.34. The van der Waals surface area contributed by atoms with E-state index >= 15 is 0 Å². The number of ether oxygens (including phenoxy) is 3. The number of carbonyl (C=O) groups is 2. The number of unbranched alkanes of at least 4 members (excludes halogenated alkanes) is 3. The maximum Gasteiger partial charge on any atom is 0.310 e. The zero-order chi connectivity index (χ0) is 19.5. The summed E-state index contributed by atoms with van der Waals surface area (Å²) in [4.78, 5) is 26.6. The van der Waals surface area contributed by atoms with Gasteiger partial charge in [0.05, 0.1) is 27.2 Å². The highest BCUT2D eigenvalue weighted by Crippen LogP contribution is 2.24. The SMILES string of the molecule is CCCCCCN(CC(C)C(=O)OC)C(=O)c1cc(OC)cc(OC)c1. The molecule has 0 saturated heterocycles. The fraction of sp³-hybridized carbons (Fsp3) is 0.600. The Morgan fingerprint density at radius 2 is 1.62 bits per heavy atom. The lowest BCUT2D eigenvalue weighted by Gasteiger charge is -2.25. The Kier molecular flexibility index (Phi) is 9.55. The van der Waals surface area contributed by atoms with Gasteiger partial charge in [0.25, 0.3) is 5.91 Å². The second-order valence-electron chi connectivity index (χ2n) is 6.34. The first-order chi connectivity index (χ1) is 12.5. The van der Waals surface area contributed by atoms with Crippen molar-refractivity contribution < 1.29 is 23.8 Å². The Morgan fingerprint density at radius 1 is 1.00 bits per heavy atom. The summed E-state index contributed by atoms with van der Waals surface area (Å²) < 4.78 is 15.3. The molecule has 6 heteroatoms. The van der Waals surface area contributed by atoms with Crippen molar-refractivity contribution in [2.75, 3.05) is 34.4 Å². The van der Waals surface area contributed by atoms with Gasteiger partial charge in [-0.2, -0.15) is 0 Å². The third-order valence-corrected chi connectivity index (χ3v) is 4.26.